The van der Waals surface area contributed by atoms with Crippen LogP contribution in [-0.4, -0.2) is 20.2 Å². The fraction of sp³-hybridized carbons (Fsp3) is 0.333. The molecule has 2 heterocycles. The Labute approximate surface area is 184 Å². The standard InChI is InChI=1S/C24H26N2O2S2/c1-23(2,3)13-7-9-17(27)15(11-13)19-25-21-22(29-19)26-20(30-21)16-12-14(24(4,5)6)8-10-18(16)28/h7-12,27-28H,1-6H3. The van der Waals surface area contributed by atoms with E-state index < -0.39 is 0 Å². The van der Waals surface area contributed by atoms with Crippen LogP contribution in [0, 0.1) is 0 Å². The largest absolute Gasteiger partial charge is 0.507 e. The van der Waals surface area contributed by atoms with Crippen molar-refractivity contribution in [3.63, 3.8) is 0 Å². The number of phenolic OH excluding ortho intramolecular Hbond substituents is 2. The fourth-order valence-electron chi connectivity index (χ4n) is 3.22. The van der Waals surface area contributed by atoms with E-state index in [1.807, 2.05) is 24.3 Å². The number of aromatic nitrogens is 2. The van der Waals surface area contributed by atoms with E-state index in [0.717, 1.165) is 41.9 Å². The number of aromatic hydroxyl groups is 2. The van der Waals surface area contributed by atoms with Crippen LogP contribution in [0.5, 0.6) is 11.5 Å². The van der Waals surface area contributed by atoms with Crippen LogP contribution < -0.4 is 0 Å². The molecule has 156 valence electrons. The number of hydrogen-bond donors (Lipinski definition) is 2. The summed E-state index contributed by atoms with van der Waals surface area (Å²) < 4.78 is 0. The van der Waals surface area contributed by atoms with Gasteiger partial charge in [0.25, 0.3) is 0 Å². The molecule has 4 aromatic rings. The second-order valence-corrected chi connectivity index (χ2v) is 11.6. The minimum absolute atomic E-state index is 0.0158. The zero-order valence-corrected chi connectivity index (χ0v) is 19.7. The predicted molar refractivity (Wildman–Crippen MR) is 127 cm³/mol. The lowest BCUT2D eigenvalue weighted by Gasteiger charge is -2.20. The molecular weight excluding hydrogens is 412 g/mol. The molecule has 0 aliphatic rings. The van der Waals surface area contributed by atoms with E-state index in [1.54, 1.807) is 12.1 Å². The smallest absolute Gasteiger partial charge is 0.155 e. The summed E-state index contributed by atoms with van der Waals surface area (Å²) in [5, 5.41) is 22.3. The Bertz CT molecular complexity index is 1120. The topological polar surface area (TPSA) is 66.2 Å². The monoisotopic (exact) mass is 438 g/mol. The number of phenols is 2. The Hall–Kier alpha value is -2.44. The van der Waals surface area contributed by atoms with Crippen LogP contribution in [0.4, 0.5) is 0 Å². The molecule has 0 saturated heterocycles. The van der Waals surface area contributed by atoms with Crippen LogP contribution in [0.2, 0.25) is 0 Å². The van der Waals surface area contributed by atoms with Gasteiger partial charge in [-0.05, 0) is 46.2 Å². The van der Waals surface area contributed by atoms with Gasteiger partial charge in [-0.1, -0.05) is 76.3 Å². The Morgan fingerprint density at radius 1 is 0.633 bits per heavy atom. The van der Waals surface area contributed by atoms with Crippen molar-refractivity contribution in [1.29, 1.82) is 0 Å². The second-order valence-electron chi connectivity index (χ2n) is 9.61. The summed E-state index contributed by atoms with van der Waals surface area (Å²) in [7, 11) is 0. The van der Waals surface area contributed by atoms with Crippen LogP contribution in [0.3, 0.4) is 0 Å². The van der Waals surface area contributed by atoms with Gasteiger partial charge >= 0.3 is 0 Å². The lowest BCUT2D eigenvalue weighted by molar-refractivity contribution is 0.475. The van der Waals surface area contributed by atoms with Gasteiger partial charge in [0.15, 0.2) is 9.66 Å². The van der Waals surface area contributed by atoms with Gasteiger partial charge in [-0.15, -0.1) is 0 Å². The van der Waals surface area contributed by atoms with E-state index in [-0.39, 0.29) is 22.3 Å². The normalized spacial score (nSPS) is 12.6. The highest BCUT2D eigenvalue weighted by molar-refractivity contribution is 7.29. The lowest BCUT2D eigenvalue weighted by atomic mass is 9.86. The Kier molecular flexibility index (Phi) is 4.90. The molecule has 2 aromatic heterocycles. The van der Waals surface area contributed by atoms with E-state index in [0.29, 0.717) is 0 Å². The Balaban J connectivity index is 1.77. The summed E-state index contributed by atoms with van der Waals surface area (Å²) in [6.07, 6.45) is 0. The highest BCUT2D eigenvalue weighted by atomic mass is 32.1. The molecule has 0 saturated carbocycles. The van der Waals surface area contributed by atoms with E-state index in [4.69, 9.17) is 9.97 Å². The van der Waals surface area contributed by atoms with Crippen molar-refractivity contribution in [2.45, 2.75) is 52.4 Å². The number of benzene rings is 2. The van der Waals surface area contributed by atoms with Crippen molar-refractivity contribution < 1.29 is 10.2 Å². The van der Waals surface area contributed by atoms with Crippen molar-refractivity contribution in [3.8, 4) is 32.6 Å². The molecule has 0 aliphatic heterocycles. The fourth-order valence-corrected chi connectivity index (χ4v) is 5.31. The van der Waals surface area contributed by atoms with Crippen molar-refractivity contribution >= 4 is 32.3 Å². The summed E-state index contributed by atoms with van der Waals surface area (Å²) in [6, 6.07) is 11.4. The third-order valence-electron chi connectivity index (χ3n) is 5.16. The van der Waals surface area contributed by atoms with Crippen LogP contribution in [0.15, 0.2) is 36.4 Å². The number of rotatable bonds is 2. The molecule has 0 unspecified atom stereocenters. The molecular formula is C24H26N2O2S2. The van der Waals surface area contributed by atoms with E-state index in [2.05, 4.69) is 41.5 Å². The molecule has 4 nitrogen and oxygen atoms in total. The second kappa shape index (κ2) is 7.06. The van der Waals surface area contributed by atoms with Gasteiger partial charge in [-0.25, -0.2) is 9.97 Å². The van der Waals surface area contributed by atoms with Gasteiger partial charge in [-0.3, -0.25) is 0 Å². The van der Waals surface area contributed by atoms with Gasteiger partial charge in [0.1, 0.15) is 21.5 Å². The Morgan fingerprint density at radius 3 is 1.33 bits per heavy atom. The first-order valence-corrected chi connectivity index (χ1v) is 11.5. The van der Waals surface area contributed by atoms with Crippen LogP contribution in [-0.2, 0) is 10.8 Å². The zero-order valence-electron chi connectivity index (χ0n) is 18.1. The molecule has 4 rings (SSSR count). The quantitative estimate of drug-likeness (QED) is 0.350. The van der Waals surface area contributed by atoms with Gasteiger partial charge in [0.2, 0.25) is 0 Å². The van der Waals surface area contributed by atoms with Gasteiger partial charge in [0.05, 0.1) is 11.1 Å². The summed E-state index contributed by atoms with van der Waals surface area (Å²) in [4.78, 5) is 11.1. The first-order chi connectivity index (χ1) is 13.9. The van der Waals surface area contributed by atoms with E-state index in [1.165, 1.54) is 22.7 Å². The minimum atomic E-state index is -0.0158. The predicted octanol–water partition coefficient (Wildman–Crippen LogP) is 7.09. The third kappa shape index (κ3) is 3.82. The maximum atomic E-state index is 10.4. The van der Waals surface area contributed by atoms with Gasteiger partial charge in [0, 0.05) is 0 Å². The van der Waals surface area contributed by atoms with Crippen LogP contribution >= 0.6 is 22.7 Å². The number of thiazole rings is 2. The number of hydrogen-bond acceptors (Lipinski definition) is 6. The molecule has 0 amide bonds. The van der Waals surface area contributed by atoms with Crippen molar-refractivity contribution in [2.75, 3.05) is 0 Å². The highest BCUT2D eigenvalue weighted by Crippen LogP contribution is 2.42. The van der Waals surface area contributed by atoms with Gasteiger partial charge in [-0.2, -0.15) is 0 Å². The first-order valence-electron chi connectivity index (χ1n) is 9.88. The average molecular weight is 439 g/mol. The Morgan fingerprint density at radius 2 is 1.00 bits per heavy atom. The third-order valence-corrected chi connectivity index (χ3v) is 7.26. The zero-order chi connectivity index (χ0) is 21.8. The summed E-state index contributed by atoms with van der Waals surface area (Å²) >= 11 is 2.92. The van der Waals surface area contributed by atoms with E-state index in [9.17, 15) is 10.2 Å². The first kappa shape index (κ1) is 20.8. The summed E-state index contributed by atoms with van der Waals surface area (Å²) in [5.74, 6) is 0.445. The molecule has 0 fully saturated rings. The summed E-state index contributed by atoms with van der Waals surface area (Å²) in [5.41, 5.74) is 3.72. The molecule has 2 aromatic carbocycles. The van der Waals surface area contributed by atoms with Gasteiger partial charge < -0.3 is 10.2 Å². The minimum Gasteiger partial charge on any atom is -0.507 e. The van der Waals surface area contributed by atoms with Crippen molar-refractivity contribution in [3.05, 3.63) is 47.5 Å². The molecule has 0 aliphatic carbocycles. The average Bonchev–Trinajstić information content (AvgIpc) is 3.19. The van der Waals surface area contributed by atoms with Crippen LogP contribution in [0.1, 0.15) is 52.7 Å². The molecule has 0 radical (unpaired) electrons. The number of fused-ring (bicyclic) bond motifs is 1. The van der Waals surface area contributed by atoms with Crippen molar-refractivity contribution in [1.82, 2.24) is 9.97 Å². The SMILES string of the molecule is CC(C)(C)c1ccc(O)c(-c2nc3sc(-c4cc(C(C)(C)C)ccc4O)nc3s2)c1. The molecule has 30 heavy (non-hydrogen) atoms. The van der Waals surface area contributed by atoms with E-state index >= 15 is 0 Å². The maximum Gasteiger partial charge on any atom is 0.155 e. The molecule has 6 heteroatoms. The maximum absolute atomic E-state index is 10.4. The number of nitrogens with zero attached hydrogens (tertiary/aromatic N) is 2. The molecule has 0 bridgehead atoms. The van der Waals surface area contributed by atoms with Crippen molar-refractivity contribution in [2.24, 2.45) is 0 Å². The van der Waals surface area contributed by atoms with Crippen LogP contribution in [0.25, 0.3) is 30.8 Å². The molecule has 0 atom stereocenters. The highest BCUT2D eigenvalue weighted by Gasteiger charge is 2.21. The molecule has 0 spiro atoms. The lowest BCUT2D eigenvalue weighted by Crippen LogP contribution is -2.10. The summed E-state index contributed by atoms with van der Waals surface area (Å²) in [6.45, 7) is 12.9. The molecule has 2 N–H and O–H groups in total.